The fraction of sp³-hybridized carbons (Fsp3) is 0.533. The Morgan fingerprint density at radius 3 is 2.95 bits per heavy atom. The van der Waals surface area contributed by atoms with E-state index in [0.29, 0.717) is 17.5 Å². The van der Waals surface area contributed by atoms with E-state index in [9.17, 15) is 4.79 Å². The van der Waals surface area contributed by atoms with Crippen LogP contribution >= 0.6 is 0 Å². The third kappa shape index (κ3) is 2.28. The minimum Gasteiger partial charge on any atom is -0.349 e. The van der Waals surface area contributed by atoms with E-state index in [0.717, 1.165) is 29.6 Å². The van der Waals surface area contributed by atoms with Crippen LogP contribution < -0.4 is 5.32 Å². The molecule has 2 atom stereocenters. The van der Waals surface area contributed by atoms with Crippen molar-refractivity contribution in [2.45, 2.75) is 39.2 Å². The molecule has 0 bridgehead atoms. The minimum absolute atomic E-state index is 0.0262. The number of hydrogen-bond acceptors (Lipinski definition) is 3. The Kier molecular flexibility index (Phi) is 3.20. The highest BCUT2D eigenvalue weighted by Crippen LogP contribution is 2.25. The summed E-state index contributed by atoms with van der Waals surface area (Å²) >= 11 is 0. The summed E-state index contributed by atoms with van der Waals surface area (Å²) < 4.78 is 1.74. The molecule has 0 spiro atoms. The molecule has 0 aromatic carbocycles. The normalized spacial score (nSPS) is 22.4. The summed E-state index contributed by atoms with van der Waals surface area (Å²) in [6, 6.07) is 2.20. The molecule has 3 rings (SSSR count). The van der Waals surface area contributed by atoms with Crippen molar-refractivity contribution < 1.29 is 4.79 Å². The Morgan fingerprint density at radius 1 is 1.45 bits per heavy atom. The molecule has 1 amide bonds. The van der Waals surface area contributed by atoms with Crippen molar-refractivity contribution >= 4 is 16.9 Å². The molecule has 0 radical (unpaired) electrons. The van der Waals surface area contributed by atoms with E-state index in [1.807, 2.05) is 20.0 Å². The molecule has 20 heavy (non-hydrogen) atoms. The van der Waals surface area contributed by atoms with Gasteiger partial charge in [-0.1, -0.05) is 6.92 Å². The Balaban J connectivity index is 1.83. The van der Waals surface area contributed by atoms with Crippen molar-refractivity contribution in [2.24, 2.45) is 13.0 Å². The van der Waals surface area contributed by atoms with Crippen molar-refractivity contribution in [1.82, 2.24) is 20.1 Å². The maximum absolute atomic E-state index is 12.3. The molecule has 1 saturated carbocycles. The quantitative estimate of drug-likeness (QED) is 0.911. The second kappa shape index (κ2) is 4.89. The molecule has 2 aromatic rings. The smallest absolute Gasteiger partial charge is 0.253 e. The van der Waals surface area contributed by atoms with Crippen LogP contribution in [0, 0.1) is 12.8 Å². The molecular weight excluding hydrogens is 252 g/mol. The largest absolute Gasteiger partial charge is 0.349 e. The standard InChI is InChI=1S/C15H20N4O/c1-9-4-5-12(6-9)17-15(20)11-7-13-10(2)18-19(3)14(13)16-8-11/h7-9,12H,4-6H2,1-3H3,(H,17,20). The lowest BCUT2D eigenvalue weighted by atomic mass is 10.1. The molecule has 5 heteroatoms. The van der Waals surface area contributed by atoms with Gasteiger partial charge in [-0.25, -0.2) is 4.98 Å². The number of hydrogen-bond donors (Lipinski definition) is 1. The summed E-state index contributed by atoms with van der Waals surface area (Å²) in [4.78, 5) is 16.6. The van der Waals surface area contributed by atoms with Gasteiger partial charge in [0.25, 0.3) is 5.91 Å². The molecule has 106 valence electrons. The second-order valence-corrected chi connectivity index (χ2v) is 5.89. The van der Waals surface area contributed by atoms with E-state index in [-0.39, 0.29) is 5.91 Å². The van der Waals surface area contributed by atoms with E-state index in [2.05, 4.69) is 22.3 Å². The number of aromatic nitrogens is 3. The van der Waals surface area contributed by atoms with E-state index in [1.54, 1.807) is 10.9 Å². The molecule has 1 fully saturated rings. The zero-order valence-electron chi connectivity index (χ0n) is 12.2. The summed E-state index contributed by atoms with van der Waals surface area (Å²) in [5.74, 6) is 0.684. The Morgan fingerprint density at radius 2 is 2.25 bits per heavy atom. The molecule has 1 aliphatic rings. The monoisotopic (exact) mass is 272 g/mol. The van der Waals surface area contributed by atoms with Crippen LogP contribution in [-0.4, -0.2) is 26.7 Å². The Labute approximate surface area is 118 Å². The summed E-state index contributed by atoms with van der Waals surface area (Å²) in [5, 5.41) is 8.38. The van der Waals surface area contributed by atoms with Gasteiger partial charge in [-0.15, -0.1) is 0 Å². The molecule has 0 aliphatic heterocycles. The first-order valence-electron chi connectivity index (χ1n) is 7.15. The summed E-state index contributed by atoms with van der Waals surface area (Å²) in [6.07, 6.45) is 4.99. The van der Waals surface area contributed by atoms with Crippen LogP contribution in [0.25, 0.3) is 11.0 Å². The molecule has 2 heterocycles. The second-order valence-electron chi connectivity index (χ2n) is 5.89. The van der Waals surface area contributed by atoms with Crippen LogP contribution in [0.15, 0.2) is 12.3 Å². The highest BCUT2D eigenvalue weighted by Gasteiger charge is 2.23. The number of nitrogens with zero attached hydrogens (tertiary/aromatic N) is 3. The first kappa shape index (κ1) is 13.1. The zero-order valence-corrected chi connectivity index (χ0v) is 12.2. The van der Waals surface area contributed by atoms with Crippen molar-refractivity contribution in [3.05, 3.63) is 23.5 Å². The maximum atomic E-state index is 12.3. The van der Waals surface area contributed by atoms with Gasteiger partial charge in [0, 0.05) is 24.7 Å². The van der Waals surface area contributed by atoms with E-state index in [4.69, 9.17) is 0 Å². The van der Waals surface area contributed by atoms with E-state index < -0.39 is 0 Å². The first-order chi connectivity index (χ1) is 9.54. The number of amides is 1. The lowest BCUT2D eigenvalue weighted by molar-refractivity contribution is 0.0937. The van der Waals surface area contributed by atoms with Crippen molar-refractivity contribution in [2.75, 3.05) is 0 Å². The lowest BCUT2D eigenvalue weighted by Gasteiger charge is -2.12. The molecule has 1 aliphatic carbocycles. The van der Waals surface area contributed by atoms with Gasteiger partial charge in [0.2, 0.25) is 0 Å². The molecule has 5 nitrogen and oxygen atoms in total. The van der Waals surface area contributed by atoms with Gasteiger partial charge in [0.15, 0.2) is 5.65 Å². The van der Waals surface area contributed by atoms with Crippen LogP contribution in [0.1, 0.15) is 42.2 Å². The SMILES string of the molecule is Cc1nn(C)c2ncc(C(=O)NC3CCC(C)C3)cc12. The molecule has 2 unspecified atom stereocenters. The molecule has 0 saturated heterocycles. The Bertz CT molecular complexity index is 661. The third-order valence-electron chi connectivity index (χ3n) is 4.16. The van der Waals surface area contributed by atoms with Gasteiger partial charge in [-0.2, -0.15) is 5.10 Å². The topological polar surface area (TPSA) is 59.8 Å². The van der Waals surface area contributed by atoms with E-state index >= 15 is 0 Å². The number of carbonyl (C=O) groups excluding carboxylic acids is 1. The number of carbonyl (C=O) groups is 1. The van der Waals surface area contributed by atoms with Crippen molar-refractivity contribution in [3.63, 3.8) is 0 Å². The van der Waals surface area contributed by atoms with Gasteiger partial charge >= 0.3 is 0 Å². The van der Waals surface area contributed by atoms with Crippen LogP contribution in [0.5, 0.6) is 0 Å². The number of nitrogens with one attached hydrogen (secondary N) is 1. The average Bonchev–Trinajstić information content (AvgIpc) is 2.94. The highest BCUT2D eigenvalue weighted by atomic mass is 16.1. The van der Waals surface area contributed by atoms with Crippen LogP contribution in [0.4, 0.5) is 0 Å². The van der Waals surface area contributed by atoms with Crippen LogP contribution in [0.2, 0.25) is 0 Å². The summed E-state index contributed by atoms with van der Waals surface area (Å²) in [6.45, 7) is 4.17. The number of aryl methyl sites for hydroxylation is 2. The van der Waals surface area contributed by atoms with Gasteiger partial charge < -0.3 is 5.32 Å². The van der Waals surface area contributed by atoms with Gasteiger partial charge in [-0.3, -0.25) is 9.48 Å². The van der Waals surface area contributed by atoms with Gasteiger partial charge in [0.1, 0.15) is 0 Å². The van der Waals surface area contributed by atoms with Gasteiger partial charge in [0.05, 0.1) is 11.3 Å². The van der Waals surface area contributed by atoms with Crippen LogP contribution in [0.3, 0.4) is 0 Å². The highest BCUT2D eigenvalue weighted by molar-refractivity contribution is 5.97. The van der Waals surface area contributed by atoms with Gasteiger partial charge in [-0.05, 0) is 38.2 Å². The van der Waals surface area contributed by atoms with E-state index in [1.165, 1.54) is 6.42 Å². The molecule has 1 N–H and O–H groups in total. The number of pyridine rings is 1. The molecular formula is C15H20N4O. The number of rotatable bonds is 2. The van der Waals surface area contributed by atoms with Crippen molar-refractivity contribution in [3.8, 4) is 0 Å². The fourth-order valence-electron chi connectivity index (χ4n) is 3.04. The Hall–Kier alpha value is -1.91. The lowest BCUT2D eigenvalue weighted by Crippen LogP contribution is -2.32. The summed E-state index contributed by atoms with van der Waals surface area (Å²) in [5.41, 5.74) is 2.33. The number of fused-ring (bicyclic) bond motifs is 1. The molecule has 2 aromatic heterocycles. The van der Waals surface area contributed by atoms with Crippen LogP contribution in [-0.2, 0) is 7.05 Å². The minimum atomic E-state index is -0.0262. The predicted octanol–water partition coefficient (Wildman–Crippen LogP) is 2.20. The fourth-order valence-corrected chi connectivity index (χ4v) is 3.04. The summed E-state index contributed by atoms with van der Waals surface area (Å²) in [7, 11) is 1.86. The third-order valence-corrected chi connectivity index (χ3v) is 4.16. The first-order valence-corrected chi connectivity index (χ1v) is 7.15. The van der Waals surface area contributed by atoms with Crippen molar-refractivity contribution in [1.29, 1.82) is 0 Å². The zero-order chi connectivity index (χ0) is 14.3. The average molecular weight is 272 g/mol. The maximum Gasteiger partial charge on any atom is 0.253 e. The predicted molar refractivity (Wildman–Crippen MR) is 77.5 cm³/mol.